The summed E-state index contributed by atoms with van der Waals surface area (Å²) >= 11 is 0. The fraction of sp³-hybridized carbons (Fsp3) is 0.300. The van der Waals surface area contributed by atoms with E-state index in [9.17, 15) is 13.2 Å². The SMILES string of the molecule is CCN(CC)S(=O)(=O)c1ccc(C(=O)NCc2nnnn2-c2ccc(C)cc2)cc1. The third-order valence-electron chi connectivity index (χ3n) is 4.68. The van der Waals surface area contributed by atoms with Gasteiger partial charge in [-0.15, -0.1) is 5.10 Å². The van der Waals surface area contributed by atoms with Crippen molar-refractivity contribution in [2.75, 3.05) is 13.1 Å². The second-order valence-corrected chi connectivity index (χ2v) is 8.58. The molecule has 30 heavy (non-hydrogen) atoms. The Morgan fingerprint density at radius 3 is 2.27 bits per heavy atom. The molecule has 3 aromatic rings. The largest absolute Gasteiger partial charge is 0.345 e. The van der Waals surface area contributed by atoms with Gasteiger partial charge in [0.15, 0.2) is 5.82 Å². The van der Waals surface area contributed by atoms with Gasteiger partial charge in [-0.1, -0.05) is 31.5 Å². The molecule has 0 aliphatic heterocycles. The average Bonchev–Trinajstić information content (AvgIpc) is 3.22. The van der Waals surface area contributed by atoms with Crippen LogP contribution in [0, 0.1) is 6.92 Å². The zero-order valence-corrected chi connectivity index (χ0v) is 17.9. The number of nitrogens with zero attached hydrogens (tertiary/aromatic N) is 5. The van der Waals surface area contributed by atoms with Gasteiger partial charge in [-0.25, -0.2) is 8.42 Å². The molecule has 3 rings (SSSR count). The van der Waals surface area contributed by atoms with Gasteiger partial charge < -0.3 is 5.32 Å². The van der Waals surface area contributed by atoms with Gasteiger partial charge >= 0.3 is 0 Å². The second-order valence-electron chi connectivity index (χ2n) is 6.64. The summed E-state index contributed by atoms with van der Waals surface area (Å²) in [7, 11) is -3.56. The van der Waals surface area contributed by atoms with E-state index in [4.69, 9.17) is 0 Å². The monoisotopic (exact) mass is 428 g/mol. The number of hydrogen-bond donors (Lipinski definition) is 1. The Bertz CT molecular complexity index is 1100. The van der Waals surface area contributed by atoms with E-state index < -0.39 is 10.0 Å². The van der Waals surface area contributed by atoms with E-state index in [1.807, 2.05) is 31.2 Å². The molecule has 1 N–H and O–H groups in total. The van der Waals surface area contributed by atoms with Gasteiger partial charge in [-0.2, -0.15) is 8.99 Å². The van der Waals surface area contributed by atoms with Crippen molar-refractivity contribution in [1.29, 1.82) is 0 Å². The number of tetrazole rings is 1. The molecule has 0 fully saturated rings. The molecule has 0 saturated carbocycles. The van der Waals surface area contributed by atoms with Crippen molar-refractivity contribution in [3.63, 3.8) is 0 Å². The van der Waals surface area contributed by atoms with Gasteiger partial charge in [0, 0.05) is 18.7 Å². The lowest BCUT2D eigenvalue weighted by molar-refractivity contribution is 0.0949. The number of aryl methyl sites for hydroxylation is 1. The summed E-state index contributed by atoms with van der Waals surface area (Å²) in [6, 6.07) is 13.6. The molecule has 0 bridgehead atoms. The van der Waals surface area contributed by atoms with Crippen LogP contribution in [0.5, 0.6) is 0 Å². The average molecular weight is 429 g/mol. The summed E-state index contributed by atoms with van der Waals surface area (Å²) in [5, 5.41) is 14.4. The normalized spacial score (nSPS) is 11.6. The molecule has 0 aliphatic carbocycles. The number of sulfonamides is 1. The molecule has 0 aliphatic rings. The van der Waals surface area contributed by atoms with Gasteiger partial charge in [0.2, 0.25) is 10.0 Å². The van der Waals surface area contributed by atoms with E-state index in [1.54, 1.807) is 18.5 Å². The smallest absolute Gasteiger partial charge is 0.251 e. The zero-order chi connectivity index (χ0) is 21.7. The van der Waals surface area contributed by atoms with E-state index in [1.165, 1.54) is 28.6 Å². The fourth-order valence-electron chi connectivity index (χ4n) is 2.95. The first-order chi connectivity index (χ1) is 14.4. The number of benzene rings is 2. The highest BCUT2D eigenvalue weighted by atomic mass is 32.2. The number of carbonyl (C=O) groups excluding carboxylic acids is 1. The minimum absolute atomic E-state index is 0.124. The second kappa shape index (κ2) is 9.14. The van der Waals surface area contributed by atoms with Crippen molar-refractivity contribution in [3.05, 3.63) is 65.5 Å². The van der Waals surface area contributed by atoms with Crippen LogP contribution in [-0.2, 0) is 16.6 Å². The van der Waals surface area contributed by atoms with Gasteiger partial charge in [-0.3, -0.25) is 4.79 Å². The summed E-state index contributed by atoms with van der Waals surface area (Å²) in [6.45, 7) is 6.45. The topological polar surface area (TPSA) is 110 Å². The van der Waals surface area contributed by atoms with E-state index in [-0.39, 0.29) is 17.3 Å². The highest BCUT2D eigenvalue weighted by molar-refractivity contribution is 7.89. The predicted molar refractivity (Wildman–Crippen MR) is 112 cm³/mol. The Hall–Kier alpha value is -3.11. The summed E-state index contributed by atoms with van der Waals surface area (Å²) in [5.41, 5.74) is 2.26. The van der Waals surface area contributed by atoms with Crippen LogP contribution >= 0.6 is 0 Å². The number of nitrogens with one attached hydrogen (secondary N) is 1. The lowest BCUT2D eigenvalue weighted by Gasteiger charge is -2.18. The number of carbonyl (C=O) groups is 1. The third kappa shape index (κ3) is 4.55. The first-order valence-corrected chi connectivity index (χ1v) is 11.0. The number of aromatic nitrogens is 4. The van der Waals surface area contributed by atoms with Crippen molar-refractivity contribution in [3.8, 4) is 5.69 Å². The maximum atomic E-state index is 12.6. The van der Waals surface area contributed by atoms with Crippen LogP contribution < -0.4 is 5.32 Å². The third-order valence-corrected chi connectivity index (χ3v) is 6.74. The Labute approximate surface area is 175 Å². The van der Waals surface area contributed by atoms with Crippen LogP contribution in [0.15, 0.2) is 53.4 Å². The molecular weight excluding hydrogens is 404 g/mol. The molecule has 1 amide bonds. The van der Waals surface area contributed by atoms with Crippen LogP contribution in [0.4, 0.5) is 0 Å². The molecule has 0 unspecified atom stereocenters. The Balaban J connectivity index is 1.69. The van der Waals surface area contributed by atoms with E-state index in [0.717, 1.165) is 11.3 Å². The molecule has 0 spiro atoms. The van der Waals surface area contributed by atoms with E-state index in [0.29, 0.717) is 24.5 Å². The molecule has 1 aromatic heterocycles. The Morgan fingerprint density at radius 2 is 1.67 bits per heavy atom. The van der Waals surface area contributed by atoms with Gasteiger partial charge in [0.25, 0.3) is 5.91 Å². The highest BCUT2D eigenvalue weighted by Gasteiger charge is 2.21. The van der Waals surface area contributed by atoms with Crippen LogP contribution in [-0.4, -0.2) is 51.9 Å². The lowest BCUT2D eigenvalue weighted by Crippen LogP contribution is -2.30. The van der Waals surface area contributed by atoms with Gasteiger partial charge in [-0.05, 0) is 53.7 Å². The summed E-state index contributed by atoms with van der Waals surface area (Å²) < 4.78 is 28.0. The molecule has 1 heterocycles. The molecule has 10 heteroatoms. The molecule has 0 atom stereocenters. The quantitative estimate of drug-likeness (QED) is 0.587. The maximum Gasteiger partial charge on any atom is 0.251 e. The van der Waals surface area contributed by atoms with Gasteiger partial charge in [0.1, 0.15) is 0 Å². The predicted octanol–water partition coefficient (Wildman–Crippen LogP) is 1.93. The van der Waals surface area contributed by atoms with Crippen molar-refractivity contribution < 1.29 is 13.2 Å². The first kappa shape index (κ1) is 21.6. The summed E-state index contributed by atoms with van der Waals surface area (Å²) in [6.07, 6.45) is 0. The minimum Gasteiger partial charge on any atom is -0.345 e. The molecule has 9 nitrogen and oxygen atoms in total. The molecule has 2 aromatic carbocycles. The standard InChI is InChI=1S/C20H24N6O3S/c1-4-25(5-2)30(28,29)18-12-8-16(9-13-18)20(27)21-14-19-22-23-24-26(19)17-10-6-15(3)7-11-17/h6-13H,4-5,14H2,1-3H3,(H,21,27). The zero-order valence-electron chi connectivity index (χ0n) is 17.1. The number of amides is 1. The molecule has 158 valence electrons. The van der Waals surface area contributed by atoms with E-state index >= 15 is 0 Å². The fourth-order valence-corrected chi connectivity index (χ4v) is 4.41. The maximum absolute atomic E-state index is 12.6. The number of hydrogen-bond acceptors (Lipinski definition) is 6. The lowest BCUT2D eigenvalue weighted by atomic mass is 10.2. The highest BCUT2D eigenvalue weighted by Crippen LogP contribution is 2.16. The number of rotatable bonds is 8. The van der Waals surface area contributed by atoms with Crippen LogP contribution in [0.2, 0.25) is 0 Å². The van der Waals surface area contributed by atoms with Gasteiger partial charge in [0.05, 0.1) is 17.1 Å². The Morgan fingerprint density at radius 1 is 1.03 bits per heavy atom. The molecule has 0 saturated heterocycles. The summed E-state index contributed by atoms with van der Waals surface area (Å²) in [5.74, 6) is 0.133. The van der Waals surface area contributed by atoms with Crippen LogP contribution in [0.1, 0.15) is 35.6 Å². The van der Waals surface area contributed by atoms with E-state index in [2.05, 4.69) is 20.8 Å². The van der Waals surface area contributed by atoms with Crippen molar-refractivity contribution >= 4 is 15.9 Å². The van der Waals surface area contributed by atoms with Crippen LogP contribution in [0.25, 0.3) is 5.69 Å². The first-order valence-electron chi connectivity index (χ1n) is 9.59. The summed E-state index contributed by atoms with van der Waals surface area (Å²) in [4.78, 5) is 12.6. The minimum atomic E-state index is -3.56. The van der Waals surface area contributed by atoms with Crippen molar-refractivity contribution in [1.82, 2.24) is 29.8 Å². The Kier molecular flexibility index (Phi) is 6.58. The molecular formula is C20H24N6O3S. The van der Waals surface area contributed by atoms with Crippen LogP contribution in [0.3, 0.4) is 0 Å². The van der Waals surface area contributed by atoms with Crippen molar-refractivity contribution in [2.24, 2.45) is 0 Å². The molecule has 0 radical (unpaired) electrons. The van der Waals surface area contributed by atoms with Crippen molar-refractivity contribution in [2.45, 2.75) is 32.2 Å².